The van der Waals surface area contributed by atoms with Crippen molar-refractivity contribution < 1.29 is 0 Å². The van der Waals surface area contributed by atoms with Crippen LogP contribution in [0, 0.1) is 6.58 Å². The molecule has 0 bridgehead atoms. The molecule has 0 fully saturated rings. The van der Waals surface area contributed by atoms with Gasteiger partial charge in [-0.15, -0.1) is 0 Å². The zero-order valence-corrected chi connectivity index (χ0v) is 9.08. The maximum atomic E-state index is 5.54. The number of nitrogens with zero attached hydrogens (tertiary/aromatic N) is 1. The van der Waals surface area contributed by atoms with Crippen LogP contribution in [0.5, 0.6) is 0 Å². The zero-order valence-electron chi connectivity index (χ0n) is 9.08. The Hall–Kier alpha value is -2.02. The van der Waals surface area contributed by atoms with E-state index in [0.29, 0.717) is 6.54 Å². The van der Waals surface area contributed by atoms with Gasteiger partial charge < -0.3 is 4.90 Å². The molecule has 0 unspecified atom stereocenters. The summed E-state index contributed by atoms with van der Waals surface area (Å²) in [6, 6.07) is 20.5. The summed E-state index contributed by atoms with van der Waals surface area (Å²) in [7, 11) is 0. The Morgan fingerprint density at radius 3 is 1.62 bits per heavy atom. The van der Waals surface area contributed by atoms with Gasteiger partial charge in [-0.3, -0.25) is 0 Å². The number of hydrogen-bond acceptors (Lipinski definition) is 1. The maximum Gasteiger partial charge on any atom is 0.0415 e. The smallest absolute Gasteiger partial charge is 0.0415 e. The molecule has 0 spiro atoms. The lowest BCUT2D eigenvalue weighted by molar-refractivity contribution is 1.10. The lowest BCUT2D eigenvalue weighted by Crippen LogP contribution is -2.16. The normalized spacial score (nSPS) is 9.75. The molecule has 2 rings (SSSR count). The van der Waals surface area contributed by atoms with Gasteiger partial charge in [0.15, 0.2) is 0 Å². The molecular weight excluding hydrogens is 194 g/mol. The fraction of sp³-hybridized carbons (Fsp3) is 0.0667. The lowest BCUT2D eigenvalue weighted by atomic mass is 10.2. The Bertz CT molecular complexity index is 394. The first-order valence-corrected chi connectivity index (χ1v) is 5.33. The Morgan fingerprint density at radius 2 is 1.25 bits per heavy atom. The molecule has 0 aliphatic rings. The van der Waals surface area contributed by atoms with Crippen molar-refractivity contribution in [2.45, 2.75) is 0 Å². The number of para-hydroxylation sites is 2. The Kier molecular flexibility index (Phi) is 3.39. The minimum atomic E-state index is 0.702. The summed E-state index contributed by atoms with van der Waals surface area (Å²) in [5, 5.41) is 0. The van der Waals surface area contributed by atoms with Crippen molar-refractivity contribution in [1.82, 2.24) is 0 Å². The molecule has 1 heteroatoms. The lowest BCUT2D eigenvalue weighted by Gasteiger charge is -2.23. The van der Waals surface area contributed by atoms with Gasteiger partial charge in [-0.05, 0) is 24.3 Å². The van der Waals surface area contributed by atoms with Crippen molar-refractivity contribution in [3.05, 3.63) is 73.3 Å². The average molecular weight is 208 g/mol. The highest BCUT2D eigenvalue weighted by Crippen LogP contribution is 2.24. The quantitative estimate of drug-likeness (QED) is 0.738. The van der Waals surface area contributed by atoms with Crippen LogP contribution >= 0.6 is 0 Å². The minimum absolute atomic E-state index is 0.702. The van der Waals surface area contributed by atoms with Gasteiger partial charge in [-0.1, -0.05) is 49.1 Å². The van der Waals surface area contributed by atoms with Crippen LogP contribution in [-0.2, 0) is 0 Å². The van der Waals surface area contributed by atoms with E-state index in [1.54, 1.807) is 6.08 Å². The minimum Gasteiger partial charge on any atom is -0.338 e. The van der Waals surface area contributed by atoms with E-state index in [-0.39, 0.29) is 0 Å². The molecule has 2 aromatic rings. The summed E-state index contributed by atoms with van der Waals surface area (Å²) >= 11 is 0. The van der Waals surface area contributed by atoms with Crippen molar-refractivity contribution in [2.75, 3.05) is 11.4 Å². The van der Waals surface area contributed by atoms with Crippen LogP contribution in [0.2, 0.25) is 0 Å². The van der Waals surface area contributed by atoms with Gasteiger partial charge in [0.1, 0.15) is 0 Å². The predicted molar refractivity (Wildman–Crippen MR) is 68.8 cm³/mol. The first-order chi connectivity index (χ1) is 7.92. The Balaban J connectivity index is 2.35. The summed E-state index contributed by atoms with van der Waals surface area (Å²) in [6.07, 6.45) is 1.67. The van der Waals surface area contributed by atoms with Crippen LogP contribution in [0.25, 0.3) is 0 Å². The molecule has 0 N–H and O–H groups in total. The van der Waals surface area contributed by atoms with Gasteiger partial charge in [0, 0.05) is 17.9 Å². The maximum absolute atomic E-state index is 5.54. The van der Waals surface area contributed by atoms with Crippen molar-refractivity contribution in [3.63, 3.8) is 0 Å². The van der Waals surface area contributed by atoms with Crippen LogP contribution in [0.15, 0.2) is 66.7 Å². The summed E-state index contributed by atoms with van der Waals surface area (Å²) in [5.74, 6) is 0. The fourth-order valence-electron chi connectivity index (χ4n) is 1.68. The highest BCUT2D eigenvalue weighted by atomic mass is 15.1. The van der Waals surface area contributed by atoms with E-state index < -0.39 is 0 Å². The molecule has 2 aromatic carbocycles. The van der Waals surface area contributed by atoms with Gasteiger partial charge in [-0.2, -0.15) is 0 Å². The van der Waals surface area contributed by atoms with Crippen LogP contribution in [-0.4, -0.2) is 6.54 Å². The number of rotatable bonds is 4. The van der Waals surface area contributed by atoms with Gasteiger partial charge in [-0.25, -0.2) is 0 Å². The fourth-order valence-corrected chi connectivity index (χ4v) is 1.68. The molecule has 0 aliphatic heterocycles. The average Bonchev–Trinajstić information content (AvgIpc) is 2.38. The summed E-state index contributed by atoms with van der Waals surface area (Å²) in [4.78, 5) is 2.17. The summed E-state index contributed by atoms with van der Waals surface area (Å²) in [6.45, 7) is 6.24. The van der Waals surface area contributed by atoms with E-state index in [1.807, 2.05) is 36.4 Å². The highest BCUT2D eigenvalue weighted by molar-refractivity contribution is 5.63. The van der Waals surface area contributed by atoms with Crippen LogP contribution in [0.3, 0.4) is 0 Å². The largest absolute Gasteiger partial charge is 0.338 e. The van der Waals surface area contributed by atoms with Crippen LogP contribution < -0.4 is 4.90 Å². The van der Waals surface area contributed by atoms with E-state index in [2.05, 4.69) is 29.2 Å². The second kappa shape index (κ2) is 5.17. The van der Waals surface area contributed by atoms with E-state index in [4.69, 9.17) is 6.58 Å². The molecule has 1 radical (unpaired) electrons. The standard InChI is InChI=1S/C15H14N/c1-2-13-16(14-9-5-3-6-10-14)15-11-7-4-8-12-15/h1-12H,13H2. The summed E-state index contributed by atoms with van der Waals surface area (Å²) < 4.78 is 0. The first kappa shape index (κ1) is 10.5. The van der Waals surface area contributed by atoms with E-state index in [9.17, 15) is 0 Å². The van der Waals surface area contributed by atoms with Gasteiger partial charge in [0.25, 0.3) is 0 Å². The molecular formula is C15H14N. The predicted octanol–water partition coefficient (Wildman–Crippen LogP) is 3.81. The molecule has 0 saturated carbocycles. The molecule has 0 aliphatic carbocycles. The highest BCUT2D eigenvalue weighted by Gasteiger charge is 2.05. The molecule has 0 heterocycles. The number of hydrogen-bond donors (Lipinski definition) is 0. The second-order valence-electron chi connectivity index (χ2n) is 3.52. The van der Waals surface area contributed by atoms with Crippen molar-refractivity contribution in [2.24, 2.45) is 0 Å². The van der Waals surface area contributed by atoms with Crippen LogP contribution in [0.1, 0.15) is 0 Å². The summed E-state index contributed by atoms with van der Waals surface area (Å²) in [5.41, 5.74) is 2.30. The Morgan fingerprint density at radius 1 is 0.812 bits per heavy atom. The van der Waals surface area contributed by atoms with Crippen molar-refractivity contribution >= 4 is 11.4 Å². The van der Waals surface area contributed by atoms with E-state index in [0.717, 1.165) is 11.4 Å². The SMILES string of the molecule is [CH]=CCN(c1ccccc1)c1ccccc1. The zero-order chi connectivity index (χ0) is 11.2. The monoisotopic (exact) mass is 208 g/mol. The third kappa shape index (κ3) is 2.31. The first-order valence-electron chi connectivity index (χ1n) is 5.33. The van der Waals surface area contributed by atoms with E-state index >= 15 is 0 Å². The van der Waals surface area contributed by atoms with E-state index in [1.165, 1.54) is 0 Å². The molecule has 0 atom stereocenters. The molecule has 16 heavy (non-hydrogen) atoms. The third-order valence-corrected chi connectivity index (χ3v) is 2.42. The molecule has 79 valence electrons. The topological polar surface area (TPSA) is 3.24 Å². The Labute approximate surface area is 96.7 Å². The number of benzene rings is 2. The molecule has 1 nitrogen and oxygen atoms in total. The third-order valence-electron chi connectivity index (χ3n) is 2.42. The molecule has 0 amide bonds. The second-order valence-corrected chi connectivity index (χ2v) is 3.52. The van der Waals surface area contributed by atoms with Gasteiger partial charge in [0.05, 0.1) is 0 Å². The van der Waals surface area contributed by atoms with Crippen LogP contribution in [0.4, 0.5) is 11.4 Å². The van der Waals surface area contributed by atoms with Gasteiger partial charge in [0.2, 0.25) is 0 Å². The number of anilines is 2. The van der Waals surface area contributed by atoms with Crippen molar-refractivity contribution in [1.29, 1.82) is 0 Å². The van der Waals surface area contributed by atoms with Crippen molar-refractivity contribution in [3.8, 4) is 0 Å². The molecule has 0 aromatic heterocycles. The van der Waals surface area contributed by atoms with Gasteiger partial charge >= 0.3 is 0 Å². The molecule has 0 saturated heterocycles.